The first-order valence-corrected chi connectivity index (χ1v) is 11.3. The van der Waals surface area contributed by atoms with Crippen molar-refractivity contribution >= 4 is 23.3 Å². The van der Waals surface area contributed by atoms with Crippen molar-refractivity contribution in [1.82, 2.24) is 9.80 Å². The van der Waals surface area contributed by atoms with Crippen LogP contribution in [0.1, 0.15) is 24.2 Å². The monoisotopic (exact) mass is 470 g/mol. The van der Waals surface area contributed by atoms with Gasteiger partial charge in [-0.2, -0.15) is 0 Å². The Hall–Kier alpha value is -3.30. The second-order valence-corrected chi connectivity index (χ2v) is 8.87. The van der Waals surface area contributed by atoms with E-state index in [1.807, 2.05) is 32.8 Å². The van der Waals surface area contributed by atoms with E-state index in [2.05, 4.69) is 10.6 Å². The second-order valence-electron chi connectivity index (χ2n) is 8.87. The number of nitrogens with one attached hydrogen (secondary N) is 2. The van der Waals surface area contributed by atoms with E-state index in [-0.39, 0.29) is 30.6 Å². The number of para-hydroxylation sites is 1. The third kappa shape index (κ3) is 5.98. The van der Waals surface area contributed by atoms with Crippen LogP contribution in [0.2, 0.25) is 0 Å². The van der Waals surface area contributed by atoms with Crippen LogP contribution in [0.25, 0.3) is 0 Å². The molecule has 34 heavy (non-hydrogen) atoms. The Morgan fingerprint density at radius 1 is 1.24 bits per heavy atom. The quantitative estimate of drug-likeness (QED) is 0.575. The van der Waals surface area contributed by atoms with Crippen molar-refractivity contribution in [2.45, 2.75) is 26.0 Å². The van der Waals surface area contributed by atoms with E-state index in [1.165, 1.54) is 0 Å². The largest absolute Gasteiger partial charge is 0.497 e. The summed E-state index contributed by atoms with van der Waals surface area (Å²) in [6.07, 6.45) is -0.233. The summed E-state index contributed by atoms with van der Waals surface area (Å²) < 4.78 is 11.5. The molecule has 0 unspecified atom stereocenters. The van der Waals surface area contributed by atoms with Gasteiger partial charge in [-0.3, -0.25) is 4.79 Å². The van der Waals surface area contributed by atoms with Gasteiger partial charge in [0.2, 0.25) is 0 Å². The number of hydrogen-bond acceptors (Lipinski definition) is 6. The summed E-state index contributed by atoms with van der Waals surface area (Å²) in [5.74, 6) is 0.761. The fourth-order valence-electron chi connectivity index (χ4n) is 3.88. The summed E-state index contributed by atoms with van der Waals surface area (Å²) in [6.45, 7) is 4.78. The Kier molecular flexibility index (Phi) is 8.36. The zero-order chi connectivity index (χ0) is 24.8. The highest BCUT2D eigenvalue weighted by Gasteiger charge is 2.34. The molecule has 0 radical (unpaired) electrons. The van der Waals surface area contributed by atoms with Crippen molar-refractivity contribution in [2.24, 2.45) is 5.92 Å². The van der Waals surface area contributed by atoms with E-state index in [4.69, 9.17) is 9.47 Å². The zero-order valence-corrected chi connectivity index (χ0v) is 20.4. The fraction of sp³-hybridized carbons (Fsp3) is 0.440. The highest BCUT2D eigenvalue weighted by atomic mass is 16.5. The van der Waals surface area contributed by atoms with E-state index in [1.54, 1.807) is 54.5 Å². The lowest BCUT2D eigenvalue weighted by atomic mass is 9.99. The number of urea groups is 1. The maximum absolute atomic E-state index is 13.4. The first-order valence-electron chi connectivity index (χ1n) is 11.3. The number of anilines is 2. The van der Waals surface area contributed by atoms with Crippen LogP contribution in [-0.4, -0.2) is 79.9 Å². The van der Waals surface area contributed by atoms with Crippen LogP contribution < -0.4 is 20.1 Å². The fourth-order valence-corrected chi connectivity index (χ4v) is 3.88. The normalized spacial score (nSPS) is 18.9. The van der Waals surface area contributed by atoms with E-state index in [0.29, 0.717) is 41.5 Å². The van der Waals surface area contributed by atoms with E-state index in [0.717, 1.165) is 0 Å². The molecule has 0 saturated heterocycles. The van der Waals surface area contributed by atoms with Gasteiger partial charge in [0.05, 0.1) is 31.0 Å². The van der Waals surface area contributed by atoms with Crippen molar-refractivity contribution in [3.05, 3.63) is 48.0 Å². The number of aliphatic hydroxyl groups is 1. The van der Waals surface area contributed by atoms with Crippen molar-refractivity contribution in [1.29, 1.82) is 0 Å². The van der Waals surface area contributed by atoms with Crippen LogP contribution >= 0.6 is 0 Å². The molecular weight excluding hydrogens is 436 g/mol. The number of fused-ring (bicyclic) bond motifs is 1. The molecule has 0 spiro atoms. The molecule has 3 rings (SSSR count). The Morgan fingerprint density at radius 2 is 1.94 bits per heavy atom. The number of hydrogen-bond donors (Lipinski definition) is 3. The molecular formula is C25H34N4O5. The van der Waals surface area contributed by atoms with Gasteiger partial charge in [-0.25, -0.2) is 4.79 Å². The summed E-state index contributed by atoms with van der Waals surface area (Å²) in [5, 5.41) is 15.4. The summed E-state index contributed by atoms with van der Waals surface area (Å²) in [6, 6.07) is 11.2. The van der Waals surface area contributed by atoms with Crippen LogP contribution in [0.5, 0.6) is 11.5 Å². The highest BCUT2D eigenvalue weighted by molar-refractivity contribution is 6.04. The number of benzene rings is 2. The number of rotatable bonds is 7. The summed E-state index contributed by atoms with van der Waals surface area (Å²) in [5.41, 5.74) is 1.33. The van der Waals surface area contributed by atoms with Gasteiger partial charge < -0.3 is 35.0 Å². The number of carbonyl (C=O) groups is 2. The van der Waals surface area contributed by atoms with Crippen LogP contribution in [0.15, 0.2) is 42.5 Å². The van der Waals surface area contributed by atoms with Gasteiger partial charge in [0.1, 0.15) is 11.9 Å². The van der Waals surface area contributed by atoms with Crippen LogP contribution in [0, 0.1) is 5.92 Å². The van der Waals surface area contributed by atoms with Gasteiger partial charge in [-0.1, -0.05) is 13.0 Å². The number of likely N-dealkylation sites (N-methyl/N-ethyl adjacent to an activating group) is 1. The number of aliphatic hydroxyl groups excluding tert-OH is 1. The lowest BCUT2D eigenvalue weighted by Gasteiger charge is -2.38. The average molecular weight is 471 g/mol. The van der Waals surface area contributed by atoms with Gasteiger partial charge in [0, 0.05) is 24.7 Å². The number of carbonyl (C=O) groups excluding carboxylic acids is 2. The molecule has 2 aromatic carbocycles. The third-order valence-corrected chi connectivity index (χ3v) is 5.83. The predicted octanol–water partition coefficient (Wildman–Crippen LogP) is 3.12. The Balaban J connectivity index is 1.93. The van der Waals surface area contributed by atoms with Crippen molar-refractivity contribution < 1.29 is 24.2 Å². The molecule has 1 heterocycles. The van der Waals surface area contributed by atoms with Gasteiger partial charge in [0.25, 0.3) is 5.91 Å². The van der Waals surface area contributed by atoms with Crippen molar-refractivity contribution in [3.63, 3.8) is 0 Å². The average Bonchev–Trinajstić information content (AvgIpc) is 2.81. The van der Waals surface area contributed by atoms with Crippen molar-refractivity contribution in [2.75, 3.05) is 51.5 Å². The predicted molar refractivity (Wildman–Crippen MR) is 132 cm³/mol. The lowest BCUT2D eigenvalue weighted by molar-refractivity contribution is 0.0365. The lowest BCUT2D eigenvalue weighted by Crippen LogP contribution is -2.49. The van der Waals surface area contributed by atoms with E-state index >= 15 is 0 Å². The second kappa shape index (κ2) is 11.2. The summed E-state index contributed by atoms with van der Waals surface area (Å²) in [4.78, 5) is 29.9. The number of amides is 3. The molecule has 0 bridgehead atoms. The number of ether oxygens (including phenoxy) is 2. The molecule has 1 aliphatic heterocycles. The van der Waals surface area contributed by atoms with Gasteiger partial charge in [-0.15, -0.1) is 0 Å². The minimum atomic E-state index is -0.463. The maximum Gasteiger partial charge on any atom is 0.323 e. The highest BCUT2D eigenvalue weighted by Crippen LogP contribution is 2.35. The van der Waals surface area contributed by atoms with Gasteiger partial charge in [0.15, 0.2) is 5.75 Å². The topological polar surface area (TPSA) is 103 Å². The Bertz CT molecular complexity index is 995. The number of nitrogens with zero attached hydrogens (tertiary/aromatic N) is 2. The molecule has 1 aliphatic rings. The zero-order valence-electron chi connectivity index (χ0n) is 20.4. The SMILES string of the molecule is COc1ccc(NC(=O)Nc2cccc3c2O[C@H](CN(C)C)[C@H](C)CN([C@H](C)CO)C3=O)cc1. The van der Waals surface area contributed by atoms with E-state index in [9.17, 15) is 14.7 Å². The van der Waals surface area contributed by atoms with Crippen LogP contribution in [-0.2, 0) is 0 Å². The molecule has 184 valence electrons. The van der Waals surface area contributed by atoms with E-state index < -0.39 is 6.03 Å². The number of methoxy groups -OCH3 is 1. The van der Waals surface area contributed by atoms with Crippen LogP contribution in [0.3, 0.4) is 0 Å². The minimum Gasteiger partial charge on any atom is -0.497 e. The molecule has 9 nitrogen and oxygen atoms in total. The standard InChI is InChI=1S/C25H34N4O5/c1-16-13-29(17(2)15-30)24(31)20-7-6-8-21(23(20)34-22(16)14-28(3)4)27-25(32)26-18-9-11-19(33-5)12-10-18/h6-12,16-17,22,30H,13-15H2,1-5H3,(H2,26,27,32)/t16-,17-,22-/m1/s1. The Morgan fingerprint density at radius 3 is 2.56 bits per heavy atom. The molecule has 0 fully saturated rings. The molecule has 0 aliphatic carbocycles. The van der Waals surface area contributed by atoms with Gasteiger partial charge >= 0.3 is 6.03 Å². The minimum absolute atomic E-state index is 0.00492. The molecule has 2 aromatic rings. The first kappa shape index (κ1) is 25.3. The molecule has 0 aromatic heterocycles. The smallest absolute Gasteiger partial charge is 0.323 e. The van der Waals surface area contributed by atoms with Gasteiger partial charge in [-0.05, 0) is 57.4 Å². The summed E-state index contributed by atoms with van der Waals surface area (Å²) in [7, 11) is 5.50. The van der Waals surface area contributed by atoms with Crippen molar-refractivity contribution in [3.8, 4) is 11.5 Å². The first-order chi connectivity index (χ1) is 16.2. The maximum atomic E-state index is 13.4. The Labute approximate surface area is 200 Å². The third-order valence-electron chi connectivity index (χ3n) is 5.83. The molecule has 3 amide bonds. The molecule has 3 N–H and O–H groups in total. The molecule has 9 heteroatoms. The van der Waals surface area contributed by atoms with Crippen LogP contribution in [0.4, 0.5) is 16.2 Å². The molecule has 0 saturated carbocycles. The molecule has 3 atom stereocenters. The summed E-state index contributed by atoms with van der Waals surface area (Å²) >= 11 is 0.